The fraction of sp³-hybridized carbons (Fsp3) is 0.625. The molecule has 1 unspecified atom stereocenters. The maximum atomic E-state index is 11.4. The molecule has 1 atom stereocenters. The molecule has 0 aliphatic rings. The van der Waals surface area contributed by atoms with Crippen molar-refractivity contribution in [2.24, 2.45) is 0 Å². The van der Waals surface area contributed by atoms with Crippen LogP contribution in [0.1, 0.15) is 6.92 Å². The highest BCUT2D eigenvalue weighted by Gasteiger charge is 2.26. The average Bonchev–Trinajstić information content (AvgIpc) is 2.24. The lowest BCUT2D eigenvalue weighted by Gasteiger charge is -2.14. The number of esters is 1. The molecule has 0 aromatic rings. The molecule has 17 heavy (non-hydrogen) atoms. The molecule has 0 aliphatic heterocycles. The van der Waals surface area contributed by atoms with Gasteiger partial charge in [-0.2, -0.15) is 0 Å². The van der Waals surface area contributed by atoms with Gasteiger partial charge in [0.15, 0.2) is 0 Å². The van der Waals surface area contributed by atoms with Crippen molar-refractivity contribution in [3.8, 4) is 0 Å². The first-order valence-corrected chi connectivity index (χ1v) is 8.73. The Morgan fingerprint density at radius 3 is 2.41 bits per heavy atom. The fourth-order valence-corrected chi connectivity index (χ4v) is 3.66. The Bertz CT molecular complexity index is 326. The number of carbonyl (C=O) groups excluding carboxylic acids is 1. The largest absolute Gasteiger partial charge is 0.469 e. The Morgan fingerprint density at radius 1 is 1.47 bits per heavy atom. The molecule has 0 radical (unpaired) electrons. The zero-order valence-electron chi connectivity index (χ0n) is 9.65. The molecule has 6 nitrogen and oxygen atoms in total. The molecule has 0 saturated heterocycles. The molecule has 0 rings (SSSR count). The highest BCUT2D eigenvalue weighted by molar-refractivity contribution is 8.67. The van der Waals surface area contributed by atoms with Gasteiger partial charge >= 0.3 is 5.97 Å². The Labute approximate surface area is 109 Å². The molecule has 0 amide bonds. The van der Waals surface area contributed by atoms with E-state index in [9.17, 15) is 14.6 Å². The number of ether oxygens (including phenoxy) is 3. The van der Waals surface area contributed by atoms with E-state index in [4.69, 9.17) is 9.47 Å². The van der Waals surface area contributed by atoms with E-state index in [1.807, 2.05) is 0 Å². The van der Waals surface area contributed by atoms with Crippen LogP contribution < -0.4 is 0 Å². The molecule has 0 aromatic heterocycles. The van der Waals surface area contributed by atoms with Crippen LogP contribution in [0.15, 0.2) is 12.0 Å². The predicted octanol–water partition coefficient (Wildman–Crippen LogP) is 0.995. The summed E-state index contributed by atoms with van der Waals surface area (Å²) in [5.74, 6) is -0.569. The average molecular weight is 302 g/mol. The highest BCUT2D eigenvalue weighted by Crippen LogP contribution is 2.53. The van der Waals surface area contributed by atoms with Crippen molar-refractivity contribution >= 4 is 34.9 Å². The molecule has 100 valence electrons. The Morgan fingerprint density at radius 2 is 2.06 bits per heavy atom. The zero-order chi connectivity index (χ0) is 13.5. The van der Waals surface area contributed by atoms with Crippen molar-refractivity contribution in [2.45, 2.75) is 12.2 Å². The van der Waals surface area contributed by atoms with Gasteiger partial charge in [0.25, 0.3) is 5.95 Å². The van der Waals surface area contributed by atoms with Gasteiger partial charge in [0.1, 0.15) is 5.25 Å². The molecule has 0 aromatic carbocycles. The normalized spacial score (nSPS) is 14.1. The van der Waals surface area contributed by atoms with Gasteiger partial charge in [0.05, 0.1) is 20.8 Å². The van der Waals surface area contributed by atoms with E-state index in [1.54, 1.807) is 6.92 Å². The Hall–Kier alpha value is -0.270. The molecular formula is C8H15O6PS2. The summed E-state index contributed by atoms with van der Waals surface area (Å²) in [5, 5.41) is -0.984. The van der Waals surface area contributed by atoms with Crippen molar-refractivity contribution in [1.29, 1.82) is 0 Å². The number of hydrogen-bond donors (Lipinski definition) is 2. The van der Waals surface area contributed by atoms with E-state index in [2.05, 4.69) is 16.5 Å². The van der Waals surface area contributed by atoms with Crippen LogP contribution in [-0.4, -0.2) is 41.8 Å². The van der Waals surface area contributed by atoms with E-state index < -0.39 is 16.9 Å². The van der Waals surface area contributed by atoms with Crippen molar-refractivity contribution < 1.29 is 28.8 Å². The van der Waals surface area contributed by atoms with Crippen LogP contribution in [0.3, 0.4) is 0 Å². The molecule has 0 spiro atoms. The first-order valence-electron chi connectivity index (χ1n) is 4.54. The maximum Gasteiger partial charge on any atom is 0.323 e. The van der Waals surface area contributed by atoms with Gasteiger partial charge in [-0.15, -0.1) is 0 Å². The summed E-state index contributed by atoms with van der Waals surface area (Å²) < 4.78 is 14.4. The summed E-state index contributed by atoms with van der Waals surface area (Å²) in [6, 6.07) is 0. The van der Waals surface area contributed by atoms with Gasteiger partial charge in [-0.1, -0.05) is 11.4 Å². The van der Waals surface area contributed by atoms with Gasteiger partial charge in [0, 0.05) is 6.08 Å². The third-order valence-corrected chi connectivity index (χ3v) is 4.57. The SMILES string of the molecule is CCOC(=CC(SP(O)(O)=S)C(=O)OC)OC. The number of hydrogen-bond acceptors (Lipinski definition) is 6. The lowest BCUT2D eigenvalue weighted by atomic mass is 10.4. The molecule has 9 heteroatoms. The lowest BCUT2D eigenvalue weighted by molar-refractivity contribution is -0.139. The third kappa shape index (κ3) is 7.62. The second-order valence-corrected chi connectivity index (χ2v) is 8.74. The van der Waals surface area contributed by atoms with Crippen molar-refractivity contribution in [3.05, 3.63) is 12.0 Å². The minimum absolute atomic E-state index is 0.0962. The first kappa shape index (κ1) is 16.7. The fourth-order valence-electron chi connectivity index (χ4n) is 0.847. The number of methoxy groups -OCH3 is 2. The Kier molecular flexibility index (Phi) is 7.82. The van der Waals surface area contributed by atoms with E-state index >= 15 is 0 Å². The summed E-state index contributed by atoms with van der Waals surface area (Å²) in [6.07, 6.45) is 1.29. The zero-order valence-corrected chi connectivity index (χ0v) is 12.2. The van der Waals surface area contributed by atoms with Crippen LogP contribution in [0, 0.1) is 0 Å². The Balaban J connectivity index is 4.91. The van der Waals surface area contributed by atoms with E-state index in [0.29, 0.717) is 18.0 Å². The number of rotatable bonds is 7. The smallest absolute Gasteiger partial charge is 0.323 e. The molecular weight excluding hydrogens is 287 g/mol. The van der Waals surface area contributed by atoms with Crippen LogP contribution in [-0.2, 0) is 30.8 Å². The second-order valence-electron chi connectivity index (χ2n) is 2.66. The second kappa shape index (κ2) is 7.94. The van der Waals surface area contributed by atoms with Crippen LogP contribution >= 0.6 is 17.1 Å². The van der Waals surface area contributed by atoms with E-state index in [-0.39, 0.29) is 5.95 Å². The lowest BCUT2D eigenvalue weighted by Crippen LogP contribution is -2.17. The van der Waals surface area contributed by atoms with E-state index in [1.165, 1.54) is 20.3 Å². The van der Waals surface area contributed by atoms with Crippen molar-refractivity contribution in [2.75, 3.05) is 20.8 Å². The van der Waals surface area contributed by atoms with Crippen LogP contribution in [0.25, 0.3) is 0 Å². The quantitative estimate of drug-likeness (QED) is 0.409. The van der Waals surface area contributed by atoms with Crippen LogP contribution in [0.5, 0.6) is 0 Å². The topological polar surface area (TPSA) is 85.2 Å². The maximum absolute atomic E-state index is 11.4. The summed E-state index contributed by atoms with van der Waals surface area (Å²) in [4.78, 5) is 29.7. The first-order chi connectivity index (χ1) is 7.84. The van der Waals surface area contributed by atoms with Crippen LogP contribution in [0.2, 0.25) is 0 Å². The third-order valence-electron chi connectivity index (χ3n) is 1.46. The minimum atomic E-state index is -3.58. The molecule has 0 saturated carbocycles. The summed E-state index contributed by atoms with van der Waals surface area (Å²) >= 11 is 4.98. The molecule has 0 fully saturated rings. The van der Waals surface area contributed by atoms with Gasteiger partial charge in [0.2, 0.25) is 5.69 Å². The van der Waals surface area contributed by atoms with Gasteiger partial charge < -0.3 is 24.0 Å². The predicted molar refractivity (Wildman–Crippen MR) is 68.8 cm³/mol. The van der Waals surface area contributed by atoms with Crippen LogP contribution in [0.4, 0.5) is 0 Å². The highest BCUT2D eigenvalue weighted by atomic mass is 32.9. The summed E-state index contributed by atoms with van der Waals surface area (Å²) in [7, 11) is 2.56. The van der Waals surface area contributed by atoms with Crippen molar-refractivity contribution in [3.63, 3.8) is 0 Å². The molecule has 0 bridgehead atoms. The van der Waals surface area contributed by atoms with Gasteiger partial charge in [-0.25, -0.2) is 0 Å². The minimum Gasteiger partial charge on any atom is -0.469 e. The number of carbonyl (C=O) groups is 1. The summed E-state index contributed by atoms with van der Waals surface area (Å²) in [6.45, 7) is 2.10. The van der Waals surface area contributed by atoms with Crippen molar-refractivity contribution in [1.82, 2.24) is 0 Å². The summed E-state index contributed by atoms with van der Waals surface area (Å²) in [5.41, 5.74) is -3.58. The van der Waals surface area contributed by atoms with Gasteiger partial charge in [-0.05, 0) is 18.7 Å². The monoisotopic (exact) mass is 302 g/mol. The molecule has 0 heterocycles. The van der Waals surface area contributed by atoms with Gasteiger partial charge in [-0.3, -0.25) is 4.79 Å². The standard InChI is InChI=1S/C8H15O6PS2/c1-4-14-7(12-2)5-6(8(9)13-3)17-15(10,11)16/h5-6H,4H2,1-3H3,(H2,10,11,16). The molecule has 2 N–H and O–H groups in total. The van der Waals surface area contributed by atoms with E-state index in [0.717, 1.165) is 0 Å². The molecule has 0 aliphatic carbocycles.